The van der Waals surface area contributed by atoms with Gasteiger partial charge in [0.1, 0.15) is 0 Å². The number of nitrogens with zero attached hydrogens (tertiary/aromatic N) is 2. The second-order valence-corrected chi connectivity index (χ2v) is 8.24. The molecule has 2 fully saturated rings. The molecular weight excluding hydrogens is 336 g/mol. The molecule has 2 heterocycles. The Hall–Kier alpha value is -1.59. The quantitative estimate of drug-likeness (QED) is 0.689. The number of rotatable bonds is 8. The van der Waals surface area contributed by atoms with Crippen LogP contribution in [0.3, 0.4) is 0 Å². The highest BCUT2D eigenvalue weighted by atomic mass is 16.2. The summed E-state index contributed by atoms with van der Waals surface area (Å²) in [6.45, 7) is 10.6. The van der Waals surface area contributed by atoms with E-state index < -0.39 is 0 Å². The molecule has 0 spiro atoms. The molecule has 0 bridgehead atoms. The Kier molecular flexibility index (Phi) is 7.96. The molecule has 2 N–H and O–H groups in total. The molecule has 5 heteroatoms. The van der Waals surface area contributed by atoms with Crippen LogP contribution < -0.4 is 10.6 Å². The lowest BCUT2D eigenvalue weighted by molar-refractivity contribution is 0.190. The van der Waals surface area contributed by atoms with Crippen molar-refractivity contribution in [1.29, 1.82) is 0 Å². The topological polar surface area (TPSA) is 47.6 Å². The van der Waals surface area contributed by atoms with E-state index in [-0.39, 0.29) is 6.03 Å². The van der Waals surface area contributed by atoms with Gasteiger partial charge in [0.05, 0.1) is 0 Å². The summed E-state index contributed by atoms with van der Waals surface area (Å²) in [7, 11) is 0. The van der Waals surface area contributed by atoms with Crippen LogP contribution >= 0.6 is 0 Å². The number of benzene rings is 1. The number of likely N-dealkylation sites (tertiary alicyclic amines) is 2. The first-order valence-electron chi connectivity index (χ1n) is 10.7. The number of amides is 2. The Morgan fingerprint density at radius 1 is 1.00 bits per heavy atom. The SMILES string of the molecule is CC1CCN(CCCNC(=O)NCc2ccccc2CN2CCCC2)CC1. The second kappa shape index (κ2) is 10.7. The molecular formula is C22H36N4O. The zero-order valence-corrected chi connectivity index (χ0v) is 16.9. The fourth-order valence-electron chi connectivity index (χ4n) is 4.09. The van der Waals surface area contributed by atoms with Crippen LogP contribution in [0.25, 0.3) is 0 Å². The van der Waals surface area contributed by atoms with Crippen molar-refractivity contribution in [2.24, 2.45) is 5.92 Å². The molecule has 0 unspecified atom stereocenters. The fraction of sp³-hybridized carbons (Fsp3) is 0.682. The summed E-state index contributed by atoms with van der Waals surface area (Å²) in [5.74, 6) is 0.874. The van der Waals surface area contributed by atoms with Gasteiger partial charge in [0.2, 0.25) is 0 Å². The van der Waals surface area contributed by atoms with Crippen molar-refractivity contribution < 1.29 is 4.79 Å². The summed E-state index contributed by atoms with van der Waals surface area (Å²) in [5.41, 5.74) is 2.56. The summed E-state index contributed by atoms with van der Waals surface area (Å²) in [6, 6.07) is 8.41. The van der Waals surface area contributed by atoms with Gasteiger partial charge < -0.3 is 15.5 Å². The summed E-state index contributed by atoms with van der Waals surface area (Å²) < 4.78 is 0. The number of carbonyl (C=O) groups is 1. The van der Waals surface area contributed by atoms with E-state index in [2.05, 4.69) is 51.6 Å². The molecule has 2 aliphatic heterocycles. The molecule has 0 aliphatic carbocycles. The second-order valence-electron chi connectivity index (χ2n) is 8.24. The number of nitrogens with one attached hydrogen (secondary N) is 2. The molecule has 2 amide bonds. The minimum absolute atomic E-state index is 0.0572. The third-order valence-corrected chi connectivity index (χ3v) is 5.96. The molecule has 0 saturated carbocycles. The normalized spacial score (nSPS) is 19.3. The highest BCUT2D eigenvalue weighted by Crippen LogP contribution is 2.16. The number of carbonyl (C=O) groups excluding carboxylic acids is 1. The van der Waals surface area contributed by atoms with Crippen molar-refractivity contribution in [3.8, 4) is 0 Å². The predicted octanol–water partition coefficient (Wildman–Crippen LogP) is 3.20. The summed E-state index contributed by atoms with van der Waals surface area (Å²) in [6.07, 6.45) is 6.25. The van der Waals surface area contributed by atoms with E-state index in [9.17, 15) is 4.79 Å². The Morgan fingerprint density at radius 2 is 1.70 bits per heavy atom. The fourth-order valence-corrected chi connectivity index (χ4v) is 4.09. The van der Waals surface area contributed by atoms with Gasteiger partial charge in [-0.05, 0) is 81.9 Å². The van der Waals surface area contributed by atoms with Gasteiger partial charge in [0.15, 0.2) is 0 Å². The lowest BCUT2D eigenvalue weighted by Gasteiger charge is -2.30. The van der Waals surface area contributed by atoms with Crippen molar-refractivity contribution in [1.82, 2.24) is 20.4 Å². The molecule has 150 valence electrons. The van der Waals surface area contributed by atoms with Crippen LogP contribution in [0.4, 0.5) is 4.79 Å². The molecule has 27 heavy (non-hydrogen) atoms. The van der Waals surface area contributed by atoms with Gasteiger partial charge in [-0.3, -0.25) is 4.90 Å². The Balaban J connectivity index is 1.33. The van der Waals surface area contributed by atoms with Gasteiger partial charge in [0.25, 0.3) is 0 Å². The first-order valence-corrected chi connectivity index (χ1v) is 10.7. The summed E-state index contributed by atoms with van der Waals surface area (Å²) >= 11 is 0. The van der Waals surface area contributed by atoms with Crippen LogP contribution in [0.5, 0.6) is 0 Å². The van der Waals surface area contributed by atoms with Gasteiger partial charge in [-0.25, -0.2) is 4.79 Å². The third-order valence-electron chi connectivity index (χ3n) is 5.96. The van der Waals surface area contributed by atoms with E-state index in [4.69, 9.17) is 0 Å². The summed E-state index contributed by atoms with van der Waals surface area (Å²) in [4.78, 5) is 17.1. The first-order chi connectivity index (χ1) is 13.2. The van der Waals surface area contributed by atoms with E-state index in [1.165, 1.54) is 63.0 Å². The number of hydrogen-bond acceptors (Lipinski definition) is 3. The van der Waals surface area contributed by atoms with Gasteiger partial charge in [-0.1, -0.05) is 31.2 Å². The largest absolute Gasteiger partial charge is 0.338 e. The lowest BCUT2D eigenvalue weighted by Crippen LogP contribution is -2.38. The van der Waals surface area contributed by atoms with Crippen molar-refractivity contribution in [3.63, 3.8) is 0 Å². The van der Waals surface area contributed by atoms with E-state index in [0.29, 0.717) is 6.54 Å². The third kappa shape index (κ3) is 6.82. The van der Waals surface area contributed by atoms with E-state index in [1.807, 2.05) is 0 Å². The molecule has 0 atom stereocenters. The molecule has 0 radical (unpaired) electrons. The molecule has 5 nitrogen and oxygen atoms in total. The van der Waals surface area contributed by atoms with Gasteiger partial charge >= 0.3 is 6.03 Å². The maximum absolute atomic E-state index is 12.1. The summed E-state index contributed by atoms with van der Waals surface area (Å²) in [5, 5.41) is 6.03. The minimum atomic E-state index is -0.0572. The Labute approximate surface area is 164 Å². The van der Waals surface area contributed by atoms with Gasteiger partial charge in [-0.15, -0.1) is 0 Å². The average molecular weight is 373 g/mol. The van der Waals surface area contributed by atoms with Crippen molar-refractivity contribution in [3.05, 3.63) is 35.4 Å². The van der Waals surface area contributed by atoms with E-state index in [1.54, 1.807) is 0 Å². The maximum Gasteiger partial charge on any atom is 0.315 e. The lowest BCUT2D eigenvalue weighted by atomic mass is 9.99. The average Bonchev–Trinajstić information content (AvgIpc) is 3.19. The standard InChI is InChI=1S/C22H36N4O/c1-19-9-15-25(16-10-19)14-6-11-23-22(27)24-17-20-7-2-3-8-21(20)18-26-12-4-5-13-26/h2-3,7-8,19H,4-6,9-18H2,1H3,(H2,23,24,27). The van der Waals surface area contributed by atoms with Crippen LogP contribution in [0.1, 0.15) is 50.2 Å². The molecule has 1 aromatic rings. The van der Waals surface area contributed by atoms with E-state index in [0.717, 1.165) is 32.0 Å². The molecule has 3 rings (SSSR count). The first kappa shape index (κ1) is 20.2. The maximum atomic E-state index is 12.1. The molecule has 1 aromatic carbocycles. The van der Waals surface area contributed by atoms with E-state index >= 15 is 0 Å². The monoisotopic (exact) mass is 372 g/mol. The van der Waals surface area contributed by atoms with Gasteiger partial charge in [0, 0.05) is 19.6 Å². The minimum Gasteiger partial charge on any atom is -0.338 e. The zero-order valence-electron chi connectivity index (χ0n) is 16.9. The van der Waals surface area contributed by atoms with Crippen molar-refractivity contribution >= 4 is 6.03 Å². The van der Waals surface area contributed by atoms with Crippen molar-refractivity contribution in [2.45, 2.75) is 52.1 Å². The molecule has 2 aliphatic rings. The van der Waals surface area contributed by atoms with Crippen LogP contribution in [0, 0.1) is 5.92 Å². The van der Waals surface area contributed by atoms with Gasteiger partial charge in [-0.2, -0.15) is 0 Å². The van der Waals surface area contributed by atoms with Crippen LogP contribution in [0.15, 0.2) is 24.3 Å². The highest BCUT2D eigenvalue weighted by molar-refractivity contribution is 5.73. The Bertz CT molecular complexity index is 577. The van der Waals surface area contributed by atoms with Crippen LogP contribution in [-0.2, 0) is 13.1 Å². The van der Waals surface area contributed by atoms with Crippen LogP contribution in [-0.4, -0.2) is 55.1 Å². The molecule has 0 aromatic heterocycles. The number of urea groups is 1. The van der Waals surface area contributed by atoms with Crippen molar-refractivity contribution in [2.75, 3.05) is 39.3 Å². The Morgan fingerprint density at radius 3 is 2.44 bits per heavy atom. The predicted molar refractivity (Wildman–Crippen MR) is 111 cm³/mol. The number of hydrogen-bond donors (Lipinski definition) is 2. The zero-order chi connectivity index (χ0) is 18.9. The molecule has 2 saturated heterocycles. The van der Waals surface area contributed by atoms with Crippen LogP contribution in [0.2, 0.25) is 0 Å². The smallest absolute Gasteiger partial charge is 0.315 e. The number of piperidine rings is 1. The highest BCUT2D eigenvalue weighted by Gasteiger charge is 2.15.